The number of sulfone groups is 1. The van der Waals surface area contributed by atoms with Crippen LogP contribution >= 0.6 is 15.9 Å². The van der Waals surface area contributed by atoms with Gasteiger partial charge in [-0.3, -0.25) is 0 Å². The predicted octanol–water partition coefficient (Wildman–Crippen LogP) is 1.92. The van der Waals surface area contributed by atoms with Crippen molar-refractivity contribution in [3.05, 3.63) is 28.0 Å². The first kappa shape index (κ1) is 9.15. The molecule has 1 aromatic rings. The van der Waals surface area contributed by atoms with Crippen LogP contribution in [0.1, 0.15) is 5.56 Å². The van der Waals surface area contributed by atoms with Crippen LogP contribution < -0.4 is 0 Å². The highest BCUT2D eigenvalue weighted by Crippen LogP contribution is 2.31. The van der Waals surface area contributed by atoms with Crippen LogP contribution in [0.5, 0.6) is 0 Å². The summed E-state index contributed by atoms with van der Waals surface area (Å²) in [7, 11) is -3.21. The molecule has 0 spiro atoms. The van der Waals surface area contributed by atoms with Crippen LogP contribution in [-0.2, 0) is 16.3 Å². The molecule has 2 nitrogen and oxygen atoms in total. The number of hydrogen-bond acceptors (Lipinski definition) is 2. The highest BCUT2D eigenvalue weighted by atomic mass is 79.9. The van der Waals surface area contributed by atoms with Crippen LogP contribution in [0.3, 0.4) is 0 Å². The highest BCUT2D eigenvalue weighted by molar-refractivity contribution is 9.10. The molecular weight excluding hydrogens is 259 g/mol. The molecular formula is C8H6BrFO2S. The summed E-state index contributed by atoms with van der Waals surface area (Å²) < 4.78 is 36.3. The molecule has 1 heterocycles. The van der Waals surface area contributed by atoms with Crippen molar-refractivity contribution in [2.75, 3.05) is 5.75 Å². The third-order valence-corrected chi connectivity index (χ3v) is 4.52. The standard InChI is InChI=1S/C8H6BrFO2S/c9-6-1-2-7-5(8(6)10)3-4-13(7,11)12/h1-2H,3-4H2. The van der Waals surface area contributed by atoms with Crippen LogP contribution in [0.4, 0.5) is 4.39 Å². The molecule has 70 valence electrons. The molecule has 1 aliphatic rings. The van der Waals surface area contributed by atoms with Gasteiger partial charge in [0, 0.05) is 5.56 Å². The Morgan fingerprint density at radius 2 is 2.08 bits per heavy atom. The molecule has 1 aliphatic heterocycles. The second-order valence-corrected chi connectivity index (χ2v) is 5.84. The van der Waals surface area contributed by atoms with E-state index in [1.807, 2.05) is 0 Å². The largest absolute Gasteiger partial charge is 0.224 e. The van der Waals surface area contributed by atoms with Crippen molar-refractivity contribution in [1.29, 1.82) is 0 Å². The van der Waals surface area contributed by atoms with Crippen molar-refractivity contribution >= 4 is 25.8 Å². The number of fused-ring (bicyclic) bond motifs is 1. The summed E-state index contributed by atoms with van der Waals surface area (Å²) in [4.78, 5) is 0.146. The number of benzene rings is 1. The van der Waals surface area contributed by atoms with Crippen LogP contribution in [0.15, 0.2) is 21.5 Å². The molecule has 0 saturated carbocycles. The van der Waals surface area contributed by atoms with Crippen molar-refractivity contribution in [2.24, 2.45) is 0 Å². The lowest BCUT2D eigenvalue weighted by Gasteiger charge is -2.00. The molecule has 0 N–H and O–H groups in total. The summed E-state index contributed by atoms with van der Waals surface area (Å²) in [5, 5.41) is 0. The van der Waals surface area contributed by atoms with Crippen molar-refractivity contribution in [3.8, 4) is 0 Å². The van der Waals surface area contributed by atoms with Crippen molar-refractivity contribution < 1.29 is 12.8 Å². The van der Waals surface area contributed by atoms with Crippen LogP contribution in [0.25, 0.3) is 0 Å². The molecule has 0 aromatic heterocycles. The molecule has 0 radical (unpaired) electrons. The van der Waals surface area contributed by atoms with Gasteiger partial charge in [0.1, 0.15) is 5.82 Å². The predicted molar refractivity (Wildman–Crippen MR) is 49.9 cm³/mol. The van der Waals surface area contributed by atoms with E-state index in [2.05, 4.69) is 15.9 Å². The Morgan fingerprint density at radius 1 is 1.38 bits per heavy atom. The maximum absolute atomic E-state index is 13.3. The smallest absolute Gasteiger partial charge is 0.179 e. The summed E-state index contributed by atoms with van der Waals surface area (Å²) in [6.45, 7) is 0. The molecule has 2 rings (SSSR count). The van der Waals surface area contributed by atoms with Gasteiger partial charge >= 0.3 is 0 Å². The van der Waals surface area contributed by atoms with Gasteiger partial charge in [0.15, 0.2) is 9.84 Å². The zero-order chi connectivity index (χ0) is 9.64. The van der Waals surface area contributed by atoms with E-state index in [4.69, 9.17) is 0 Å². The van der Waals surface area contributed by atoms with Gasteiger partial charge in [-0.05, 0) is 34.5 Å². The van der Waals surface area contributed by atoms with E-state index in [1.54, 1.807) is 0 Å². The average molecular weight is 265 g/mol. The minimum absolute atomic E-state index is 0.0235. The SMILES string of the molecule is O=S1(=O)CCc2c1ccc(Br)c2F. The summed E-state index contributed by atoms with van der Waals surface area (Å²) in [6, 6.07) is 2.88. The first-order chi connectivity index (χ1) is 6.02. The maximum atomic E-state index is 13.3. The Morgan fingerprint density at radius 3 is 2.77 bits per heavy atom. The maximum Gasteiger partial charge on any atom is 0.179 e. The van der Waals surface area contributed by atoms with Gasteiger partial charge in [-0.1, -0.05) is 0 Å². The van der Waals surface area contributed by atoms with Gasteiger partial charge < -0.3 is 0 Å². The first-order valence-corrected chi connectivity index (χ1v) is 6.16. The van der Waals surface area contributed by atoms with E-state index < -0.39 is 15.7 Å². The zero-order valence-electron chi connectivity index (χ0n) is 6.55. The van der Waals surface area contributed by atoms with E-state index >= 15 is 0 Å². The summed E-state index contributed by atoms with van der Waals surface area (Å²) in [6.07, 6.45) is 0.281. The zero-order valence-corrected chi connectivity index (χ0v) is 8.95. The summed E-state index contributed by atoms with van der Waals surface area (Å²) in [5.74, 6) is -0.422. The Kier molecular flexibility index (Phi) is 1.96. The lowest BCUT2D eigenvalue weighted by Crippen LogP contribution is -1.98. The van der Waals surface area contributed by atoms with Crippen LogP contribution in [-0.4, -0.2) is 14.2 Å². The van der Waals surface area contributed by atoms with E-state index in [1.165, 1.54) is 12.1 Å². The van der Waals surface area contributed by atoms with Gasteiger partial charge in [0.25, 0.3) is 0 Å². The molecule has 0 unspecified atom stereocenters. The second-order valence-electron chi connectivity index (χ2n) is 2.91. The lowest BCUT2D eigenvalue weighted by atomic mass is 10.2. The average Bonchev–Trinajstić information content (AvgIpc) is 2.35. The number of hydrogen-bond donors (Lipinski definition) is 0. The highest BCUT2D eigenvalue weighted by Gasteiger charge is 2.29. The number of halogens is 2. The molecule has 0 fully saturated rings. The molecule has 0 saturated heterocycles. The Balaban J connectivity index is 2.78. The Bertz CT molecular complexity index is 467. The fourth-order valence-corrected chi connectivity index (χ4v) is 3.35. The topological polar surface area (TPSA) is 34.1 Å². The van der Waals surface area contributed by atoms with Crippen molar-refractivity contribution in [3.63, 3.8) is 0 Å². The molecule has 13 heavy (non-hydrogen) atoms. The van der Waals surface area contributed by atoms with Crippen LogP contribution in [0.2, 0.25) is 0 Å². The third-order valence-electron chi connectivity index (χ3n) is 2.11. The Labute approximate surface area is 83.8 Å². The lowest BCUT2D eigenvalue weighted by molar-refractivity contribution is 0.595. The summed E-state index contributed by atoms with van der Waals surface area (Å²) >= 11 is 3.02. The van der Waals surface area contributed by atoms with Gasteiger partial charge in [-0.2, -0.15) is 0 Å². The van der Waals surface area contributed by atoms with Gasteiger partial charge in [-0.25, -0.2) is 12.8 Å². The molecule has 0 bridgehead atoms. The van der Waals surface area contributed by atoms with Crippen molar-refractivity contribution in [1.82, 2.24) is 0 Å². The van der Waals surface area contributed by atoms with Crippen LogP contribution in [0, 0.1) is 5.82 Å². The number of rotatable bonds is 0. The fourth-order valence-electron chi connectivity index (χ4n) is 1.45. The van der Waals surface area contributed by atoms with E-state index in [0.29, 0.717) is 10.0 Å². The Hall–Kier alpha value is -0.420. The quantitative estimate of drug-likeness (QED) is 0.718. The minimum atomic E-state index is -3.21. The fraction of sp³-hybridized carbons (Fsp3) is 0.250. The molecule has 1 aromatic carbocycles. The van der Waals surface area contributed by atoms with Gasteiger partial charge in [-0.15, -0.1) is 0 Å². The van der Waals surface area contributed by atoms with Gasteiger partial charge in [0.05, 0.1) is 15.1 Å². The molecule has 0 atom stereocenters. The molecule has 0 aliphatic carbocycles. The summed E-state index contributed by atoms with van der Waals surface area (Å²) in [5.41, 5.74) is 0.314. The monoisotopic (exact) mass is 264 g/mol. The minimum Gasteiger partial charge on any atom is -0.224 e. The van der Waals surface area contributed by atoms with Crippen molar-refractivity contribution in [2.45, 2.75) is 11.3 Å². The van der Waals surface area contributed by atoms with Gasteiger partial charge in [0.2, 0.25) is 0 Å². The molecule has 5 heteroatoms. The van der Waals surface area contributed by atoms with E-state index in [0.717, 1.165) is 0 Å². The second kappa shape index (κ2) is 2.78. The molecule has 0 amide bonds. The van der Waals surface area contributed by atoms with E-state index in [-0.39, 0.29) is 17.1 Å². The van der Waals surface area contributed by atoms with E-state index in [9.17, 15) is 12.8 Å². The third kappa shape index (κ3) is 1.30. The first-order valence-electron chi connectivity index (χ1n) is 3.72. The normalized spacial score (nSPS) is 18.6.